The van der Waals surface area contributed by atoms with Crippen LogP contribution in [-0.2, 0) is 4.79 Å². The van der Waals surface area contributed by atoms with E-state index in [0.29, 0.717) is 22.2 Å². The molecule has 8 heteroatoms. The van der Waals surface area contributed by atoms with Gasteiger partial charge in [0, 0.05) is 5.39 Å². The van der Waals surface area contributed by atoms with Crippen LogP contribution in [0.25, 0.3) is 21.7 Å². The minimum atomic E-state index is -0.396. The van der Waals surface area contributed by atoms with E-state index in [2.05, 4.69) is 15.5 Å². The number of aromatic nitrogens is 3. The molecule has 0 saturated carbocycles. The fourth-order valence-corrected chi connectivity index (χ4v) is 4.21. The molecule has 148 valence electrons. The maximum absolute atomic E-state index is 12.5. The van der Waals surface area contributed by atoms with Gasteiger partial charge in [0.25, 0.3) is 5.56 Å². The molecule has 1 aromatic carbocycles. The van der Waals surface area contributed by atoms with Gasteiger partial charge in [-0.05, 0) is 44.9 Å². The third kappa shape index (κ3) is 3.51. The Hall–Kier alpha value is -3.13. The molecule has 2 N–H and O–H groups in total. The van der Waals surface area contributed by atoms with E-state index in [1.807, 2.05) is 38.1 Å². The van der Waals surface area contributed by atoms with Crippen molar-refractivity contribution in [3.8, 4) is 0 Å². The number of carbonyl (C=O) groups is 1. The SMILES string of the molecule is Cc1cc(SCC(=O)Nc2oc(C)c3c(C)n[nH]c(=O)c23)nc2c(C)cccc12. The fraction of sp³-hybridized carbons (Fsp3) is 0.238. The van der Waals surface area contributed by atoms with E-state index in [-0.39, 0.29) is 17.5 Å². The average Bonchev–Trinajstić information content (AvgIpc) is 3.01. The molecule has 0 unspecified atom stereocenters. The summed E-state index contributed by atoms with van der Waals surface area (Å²) >= 11 is 1.34. The summed E-state index contributed by atoms with van der Waals surface area (Å²) in [6, 6.07) is 8.06. The summed E-state index contributed by atoms with van der Waals surface area (Å²) in [5.41, 5.74) is 3.40. The number of para-hydroxylation sites is 1. The number of thioether (sulfide) groups is 1. The Kier molecular flexibility index (Phi) is 4.87. The van der Waals surface area contributed by atoms with E-state index in [1.165, 1.54) is 11.8 Å². The summed E-state index contributed by atoms with van der Waals surface area (Å²) in [5, 5.41) is 11.9. The molecule has 0 aliphatic heterocycles. The van der Waals surface area contributed by atoms with Crippen LogP contribution in [0.2, 0.25) is 0 Å². The predicted octanol–water partition coefficient (Wildman–Crippen LogP) is 4.03. The number of aromatic amines is 1. The lowest BCUT2D eigenvalue weighted by Crippen LogP contribution is -2.16. The molecule has 4 aromatic rings. The molecule has 7 nitrogen and oxygen atoms in total. The highest BCUT2D eigenvalue weighted by atomic mass is 32.2. The Balaban J connectivity index is 1.55. The van der Waals surface area contributed by atoms with E-state index in [9.17, 15) is 9.59 Å². The number of fused-ring (bicyclic) bond motifs is 2. The first-order chi connectivity index (χ1) is 13.8. The predicted molar refractivity (Wildman–Crippen MR) is 115 cm³/mol. The zero-order valence-electron chi connectivity index (χ0n) is 16.5. The molecule has 0 aliphatic carbocycles. The van der Waals surface area contributed by atoms with Gasteiger partial charge in [0.2, 0.25) is 11.8 Å². The van der Waals surface area contributed by atoms with Crippen molar-refractivity contribution >= 4 is 45.2 Å². The number of carbonyl (C=O) groups excluding carboxylic acids is 1. The third-order valence-electron chi connectivity index (χ3n) is 4.83. The number of pyridine rings is 1. The molecule has 0 saturated heterocycles. The third-order valence-corrected chi connectivity index (χ3v) is 5.74. The zero-order chi connectivity index (χ0) is 20.7. The quantitative estimate of drug-likeness (QED) is 0.495. The van der Waals surface area contributed by atoms with Crippen LogP contribution in [0.1, 0.15) is 22.6 Å². The molecule has 1 amide bonds. The van der Waals surface area contributed by atoms with Crippen LogP contribution in [0.15, 0.2) is 38.5 Å². The van der Waals surface area contributed by atoms with E-state index in [0.717, 1.165) is 27.1 Å². The van der Waals surface area contributed by atoms with Crippen molar-refractivity contribution in [3.05, 3.63) is 57.2 Å². The number of aryl methyl sites for hydroxylation is 4. The van der Waals surface area contributed by atoms with Gasteiger partial charge in [0.15, 0.2) is 0 Å². The molecule has 0 spiro atoms. The Morgan fingerprint density at radius 2 is 1.97 bits per heavy atom. The molecule has 3 heterocycles. The number of nitrogens with one attached hydrogen (secondary N) is 2. The normalized spacial score (nSPS) is 11.3. The Bertz CT molecular complexity index is 1320. The molecule has 3 aromatic heterocycles. The summed E-state index contributed by atoms with van der Waals surface area (Å²) < 4.78 is 5.63. The standard InChI is InChI=1S/C21H20N4O3S/c1-10-6-5-7-14-11(2)8-16(23-19(10)14)29-9-15(26)22-21-18-17(13(4)28-21)12(3)24-25-20(18)27/h5-8H,9H2,1-4H3,(H,22,26)(H,25,27). The lowest BCUT2D eigenvalue weighted by atomic mass is 10.1. The molecule has 0 aliphatic rings. The van der Waals surface area contributed by atoms with Gasteiger partial charge in [0.05, 0.1) is 27.4 Å². The minimum absolute atomic E-state index is 0.146. The van der Waals surface area contributed by atoms with E-state index < -0.39 is 5.56 Å². The van der Waals surface area contributed by atoms with Crippen molar-refractivity contribution in [3.63, 3.8) is 0 Å². The number of benzene rings is 1. The molecule has 4 rings (SSSR count). The molecular weight excluding hydrogens is 388 g/mol. The number of hydrogen-bond donors (Lipinski definition) is 2. The fourth-order valence-electron chi connectivity index (χ4n) is 3.44. The van der Waals surface area contributed by atoms with Gasteiger partial charge in [-0.25, -0.2) is 10.1 Å². The number of H-pyrrole nitrogens is 1. The van der Waals surface area contributed by atoms with Crippen molar-refractivity contribution in [2.24, 2.45) is 0 Å². The Morgan fingerprint density at radius 3 is 2.76 bits per heavy atom. The number of anilines is 1. The second-order valence-electron chi connectivity index (χ2n) is 6.96. The van der Waals surface area contributed by atoms with Crippen LogP contribution in [0.4, 0.5) is 5.88 Å². The van der Waals surface area contributed by atoms with Gasteiger partial charge in [-0.3, -0.25) is 14.9 Å². The highest BCUT2D eigenvalue weighted by Gasteiger charge is 2.19. The zero-order valence-corrected chi connectivity index (χ0v) is 17.4. The number of nitrogens with zero attached hydrogens (tertiary/aromatic N) is 2. The first-order valence-corrected chi connectivity index (χ1v) is 10.1. The van der Waals surface area contributed by atoms with Crippen LogP contribution in [-0.4, -0.2) is 26.8 Å². The van der Waals surface area contributed by atoms with E-state index >= 15 is 0 Å². The topological polar surface area (TPSA) is 101 Å². The van der Waals surface area contributed by atoms with Gasteiger partial charge in [-0.15, -0.1) is 0 Å². The monoisotopic (exact) mass is 408 g/mol. The number of rotatable bonds is 4. The molecule has 0 fully saturated rings. The van der Waals surface area contributed by atoms with Gasteiger partial charge in [-0.1, -0.05) is 30.0 Å². The van der Waals surface area contributed by atoms with Gasteiger partial charge in [0.1, 0.15) is 11.1 Å². The smallest absolute Gasteiger partial charge is 0.277 e. The van der Waals surface area contributed by atoms with Crippen molar-refractivity contribution in [1.82, 2.24) is 15.2 Å². The maximum atomic E-state index is 12.5. The Morgan fingerprint density at radius 1 is 1.17 bits per heavy atom. The average molecular weight is 408 g/mol. The summed E-state index contributed by atoms with van der Waals surface area (Å²) in [7, 11) is 0. The van der Waals surface area contributed by atoms with Gasteiger partial charge in [-0.2, -0.15) is 5.10 Å². The Labute approximate surface area is 170 Å². The van der Waals surface area contributed by atoms with Crippen LogP contribution < -0.4 is 10.9 Å². The summed E-state index contributed by atoms with van der Waals surface area (Å²) in [6.45, 7) is 7.57. The van der Waals surface area contributed by atoms with Crippen LogP contribution in [0, 0.1) is 27.7 Å². The molecule has 0 atom stereocenters. The van der Waals surface area contributed by atoms with Crippen LogP contribution in [0.3, 0.4) is 0 Å². The van der Waals surface area contributed by atoms with Crippen LogP contribution in [0.5, 0.6) is 0 Å². The first-order valence-electron chi connectivity index (χ1n) is 9.13. The number of hydrogen-bond acceptors (Lipinski definition) is 6. The molecule has 29 heavy (non-hydrogen) atoms. The van der Waals surface area contributed by atoms with E-state index in [4.69, 9.17) is 9.40 Å². The highest BCUT2D eigenvalue weighted by molar-refractivity contribution is 7.99. The maximum Gasteiger partial charge on any atom is 0.277 e. The highest BCUT2D eigenvalue weighted by Crippen LogP contribution is 2.29. The van der Waals surface area contributed by atoms with Crippen molar-refractivity contribution in [2.45, 2.75) is 32.7 Å². The van der Waals surface area contributed by atoms with Crippen LogP contribution >= 0.6 is 11.8 Å². The summed E-state index contributed by atoms with van der Waals surface area (Å²) in [6.07, 6.45) is 0. The summed E-state index contributed by atoms with van der Waals surface area (Å²) in [4.78, 5) is 29.4. The summed E-state index contributed by atoms with van der Waals surface area (Å²) in [5.74, 6) is 0.561. The van der Waals surface area contributed by atoms with Gasteiger partial charge >= 0.3 is 0 Å². The van der Waals surface area contributed by atoms with Crippen molar-refractivity contribution in [1.29, 1.82) is 0 Å². The molecule has 0 radical (unpaired) electrons. The molecular formula is C21H20N4O3S. The molecule has 0 bridgehead atoms. The minimum Gasteiger partial charge on any atom is -0.444 e. The van der Waals surface area contributed by atoms with E-state index in [1.54, 1.807) is 13.8 Å². The number of furan rings is 1. The second kappa shape index (κ2) is 7.36. The van der Waals surface area contributed by atoms with Crippen molar-refractivity contribution in [2.75, 3.05) is 11.1 Å². The second-order valence-corrected chi connectivity index (χ2v) is 7.96. The van der Waals surface area contributed by atoms with Crippen molar-refractivity contribution < 1.29 is 9.21 Å². The lowest BCUT2D eigenvalue weighted by Gasteiger charge is -2.08. The largest absolute Gasteiger partial charge is 0.444 e. The lowest BCUT2D eigenvalue weighted by molar-refractivity contribution is -0.113. The first kappa shape index (κ1) is 19.2. The van der Waals surface area contributed by atoms with Gasteiger partial charge < -0.3 is 4.42 Å². The number of amides is 1.